The maximum absolute atomic E-state index is 11.3. The molecule has 4 heteroatoms. The van der Waals surface area contributed by atoms with Crippen LogP contribution in [-0.2, 0) is 7.05 Å². The van der Waals surface area contributed by atoms with Crippen molar-refractivity contribution in [2.24, 2.45) is 7.05 Å². The molecule has 0 aliphatic heterocycles. The van der Waals surface area contributed by atoms with Crippen molar-refractivity contribution in [2.45, 2.75) is 0 Å². The second-order valence-corrected chi connectivity index (χ2v) is 4.08. The summed E-state index contributed by atoms with van der Waals surface area (Å²) in [7, 11) is 1.64. The average Bonchev–Trinajstić information content (AvgIpc) is 2.47. The first-order valence-corrected chi connectivity index (χ1v) is 4.92. The predicted molar refractivity (Wildman–Crippen MR) is 56.7 cm³/mol. The van der Waals surface area contributed by atoms with E-state index < -0.39 is 0 Å². The molecule has 1 aromatic carbocycles. The molecular formula is C10H9NO2S. The number of hydrogen-bond donors (Lipinski definition) is 1. The van der Waals surface area contributed by atoms with E-state index in [-0.39, 0.29) is 11.3 Å². The molecule has 0 radical (unpaired) electrons. The average molecular weight is 207 g/mol. The first-order chi connectivity index (χ1) is 6.70. The van der Waals surface area contributed by atoms with Gasteiger partial charge >= 0.3 is 5.56 Å². The SMILES string of the molecule is Cn1sc(-c2ccccc2)c(O)c1=O. The Hall–Kier alpha value is -1.55. The molecule has 0 amide bonds. The van der Waals surface area contributed by atoms with E-state index in [0.717, 1.165) is 5.56 Å². The van der Waals surface area contributed by atoms with Crippen molar-refractivity contribution < 1.29 is 5.11 Å². The van der Waals surface area contributed by atoms with Crippen molar-refractivity contribution >= 4 is 11.5 Å². The van der Waals surface area contributed by atoms with Crippen LogP contribution in [-0.4, -0.2) is 9.06 Å². The van der Waals surface area contributed by atoms with Gasteiger partial charge in [0.2, 0.25) is 5.75 Å². The summed E-state index contributed by atoms with van der Waals surface area (Å²) >= 11 is 1.25. The lowest BCUT2D eigenvalue weighted by Gasteiger charge is -1.94. The standard InChI is InChI=1S/C10H9NO2S/c1-11-10(13)8(12)9(14-11)7-5-3-2-4-6-7/h2-6,12H,1H3. The summed E-state index contributed by atoms with van der Waals surface area (Å²) in [6, 6.07) is 9.38. The van der Waals surface area contributed by atoms with Crippen LogP contribution in [0.1, 0.15) is 0 Å². The molecule has 0 unspecified atom stereocenters. The van der Waals surface area contributed by atoms with Crippen LogP contribution in [0.4, 0.5) is 0 Å². The van der Waals surface area contributed by atoms with Gasteiger partial charge in [-0.05, 0) is 5.56 Å². The molecule has 0 saturated carbocycles. The fourth-order valence-electron chi connectivity index (χ4n) is 1.25. The highest BCUT2D eigenvalue weighted by Crippen LogP contribution is 2.30. The molecule has 14 heavy (non-hydrogen) atoms. The number of rotatable bonds is 1. The van der Waals surface area contributed by atoms with E-state index >= 15 is 0 Å². The van der Waals surface area contributed by atoms with Crippen molar-refractivity contribution in [3.8, 4) is 16.2 Å². The van der Waals surface area contributed by atoms with Crippen LogP contribution in [0.15, 0.2) is 35.1 Å². The van der Waals surface area contributed by atoms with Gasteiger partial charge in [-0.25, -0.2) is 0 Å². The van der Waals surface area contributed by atoms with Crippen molar-refractivity contribution in [2.75, 3.05) is 0 Å². The third-order valence-corrected chi connectivity index (χ3v) is 3.02. The van der Waals surface area contributed by atoms with E-state index in [2.05, 4.69) is 0 Å². The van der Waals surface area contributed by atoms with Crippen LogP contribution in [0, 0.1) is 0 Å². The number of aryl methyl sites for hydroxylation is 1. The Bertz CT molecular complexity index is 499. The van der Waals surface area contributed by atoms with Gasteiger partial charge in [0.05, 0.1) is 4.88 Å². The lowest BCUT2D eigenvalue weighted by Crippen LogP contribution is -2.06. The van der Waals surface area contributed by atoms with Gasteiger partial charge in [0.15, 0.2) is 0 Å². The summed E-state index contributed by atoms with van der Waals surface area (Å²) in [5, 5.41) is 9.55. The van der Waals surface area contributed by atoms with E-state index in [4.69, 9.17) is 0 Å². The second kappa shape index (κ2) is 3.31. The molecule has 1 N–H and O–H groups in total. The zero-order chi connectivity index (χ0) is 10.1. The number of nitrogens with zero attached hydrogens (tertiary/aromatic N) is 1. The van der Waals surface area contributed by atoms with Crippen LogP contribution in [0.2, 0.25) is 0 Å². The zero-order valence-corrected chi connectivity index (χ0v) is 8.41. The lowest BCUT2D eigenvalue weighted by atomic mass is 10.2. The molecule has 0 aliphatic rings. The smallest absolute Gasteiger partial charge is 0.303 e. The maximum Gasteiger partial charge on any atom is 0.303 e. The third kappa shape index (κ3) is 1.33. The number of aromatic hydroxyl groups is 1. The van der Waals surface area contributed by atoms with Crippen LogP contribution < -0.4 is 5.56 Å². The summed E-state index contributed by atoms with van der Waals surface area (Å²) < 4.78 is 1.41. The van der Waals surface area contributed by atoms with E-state index in [9.17, 15) is 9.90 Å². The first kappa shape index (κ1) is 9.02. The molecule has 0 atom stereocenters. The maximum atomic E-state index is 11.3. The summed E-state index contributed by atoms with van der Waals surface area (Å²) in [6.45, 7) is 0. The van der Waals surface area contributed by atoms with Crippen molar-refractivity contribution in [3.63, 3.8) is 0 Å². The van der Waals surface area contributed by atoms with Gasteiger partial charge in [-0.15, -0.1) is 0 Å². The van der Waals surface area contributed by atoms with Gasteiger partial charge < -0.3 is 5.11 Å². The highest BCUT2D eigenvalue weighted by atomic mass is 32.1. The minimum Gasteiger partial charge on any atom is -0.502 e. The van der Waals surface area contributed by atoms with Gasteiger partial charge in [0.1, 0.15) is 0 Å². The normalized spacial score (nSPS) is 10.4. The van der Waals surface area contributed by atoms with Crippen molar-refractivity contribution in [1.29, 1.82) is 0 Å². The Morgan fingerprint density at radius 1 is 1.29 bits per heavy atom. The van der Waals surface area contributed by atoms with E-state index in [1.54, 1.807) is 7.05 Å². The lowest BCUT2D eigenvalue weighted by molar-refractivity contribution is 0.470. The van der Waals surface area contributed by atoms with Crippen LogP contribution in [0.5, 0.6) is 5.75 Å². The topological polar surface area (TPSA) is 42.2 Å². The third-order valence-electron chi connectivity index (χ3n) is 1.97. The minimum atomic E-state index is -0.339. The van der Waals surface area contributed by atoms with E-state index in [1.807, 2.05) is 30.3 Å². The largest absolute Gasteiger partial charge is 0.502 e. The molecule has 0 saturated heterocycles. The predicted octanol–water partition coefficient (Wildman–Crippen LogP) is 1.82. The summed E-state index contributed by atoms with van der Waals surface area (Å²) in [4.78, 5) is 11.9. The highest BCUT2D eigenvalue weighted by molar-refractivity contribution is 7.10. The molecule has 1 heterocycles. The number of aromatic nitrogens is 1. The monoisotopic (exact) mass is 207 g/mol. The van der Waals surface area contributed by atoms with Crippen molar-refractivity contribution in [1.82, 2.24) is 3.96 Å². The van der Waals surface area contributed by atoms with Gasteiger partial charge in [-0.1, -0.05) is 41.9 Å². The molecule has 2 aromatic rings. The molecule has 0 bridgehead atoms. The summed E-state index contributed by atoms with van der Waals surface area (Å²) in [6.07, 6.45) is 0. The molecule has 2 rings (SSSR count). The van der Waals surface area contributed by atoms with Gasteiger partial charge in [-0.3, -0.25) is 8.75 Å². The molecular weight excluding hydrogens is 198 g/mol. The first-order valence-electron chi connectivity index (χ1n) is 4.15. The van der Waals surface area contributed by atoms with Crippen molar-refractivity contribution in [3.05, 3.63) is 40.7 Å². The Kier molecular flexibility index (Phi) is 2.13. The molecule has 3 nitrogen and oxygen atoms in total. The van der Waals surface area contributed by atoms with E-state index in [1.165, 1.54) is 15.5 Å². The minimum absolute atomic E-state index is 0.163. The van der Waals surface area contributed by atoms with Gasteiger partial charge in [0.25, 0.3) is 0 Å². The summed E-state index contributed by atoms with van der Waals surface area (Å²) in [5.41, 5.74) is 0.529. The molecule has 0 fully saturated rings. The van der Waals surface area contributed by atoms with E-state index in [0.29, 0.717) is 4.88 Å². The quantitative estimate of drug-likeness (QED) is 0.775. The Labute approximate surface area is 85.0 Å². The van der Waals surface area contributed by atoms with Crippen LogP contribution in [0.25, 0.3) is 10.4 Å². The Morgan fingerprint density at radius 2 is 1.93 bits per heavy atom. The van der Waals surface area contributed by atoms with Gasteiger partial charge in [0, 0.05) is 7.05 Å². The molecule has 0 spiro atoms. The van der Waals surface area contributed by atoms with Crippen LogP contribution in [0.3, 0.4) is 0 Å². The Morgan fingerprint density at radius 3 is 2.43 bits per heavy atom. The molecule has 0 aliphatic carbocycles. The fraction of sp³-hybridized carbons (Fsp3) is 0.100. The number of hydrogen-bond acceptors (Lipinski definition) is 3. The van der Waals surface area contributed by atoms with Crippen LogP contribution >= 0.6 is 11.5 Å². The molecule has 72 valence electrons. The van der Waals surface area contributed by atoms with Gasteiger partial charge in [-0.2, -0.15) is 0 Å². The number of benzene rings is 1. The highest BCUT2D eigenvalue weighted by Gasteiger charge is 2.12. The zero-order valence-electron chi connectivity index (χ0n) is 7.60. The fourth-order valence-corrected chi connectivity index (χ4v) is 2.11. The Balaban J connectivity index is 2.64. The molecule has 1 aromatic heterocycles. The second-order valence-electron chi connectivity index (χ2n) is 2.94. The summed E-state index contributed by atoms with van der Waals surface area (Å²) in [5.74, 6) is -0.163.